The summed E-state index contributed by atoms with van der Waals surface area (Å²) in [5.41, 5.74) is 0. The Hall–Kier alpha value is 0.400. The molecule has 0 saturated heterocycles. The number of furan rings is 1. The van der Waals surface area contributed by atoms with E-state index in [4.69, 9.17) is 0 Å². The Morgan fingerprint density at radius 3 is 2.30 bits per heavy atom. The van der Waals surface area contributed by atoms with Gasteiger partial charge in [-0.3, -0.25) is 4.79 Å². The van der Waals surface area contributed by atoms with Crippen LogP contribution in [0.4, 0.5) is 0 Å². The summed E-state index contributed by atoms with van der Waals surface area (Å²) in [4.78, 5) is 9.75. The van der Waals surface area contributed by atoms with Crippen molar-refractivity contribution in [1.82, 2.24) is 0 Å². The van der Waals surface area contributed by atoms with Crippen molar-refractivity contribution in [2.75, 3.05) is 0 Å². The first kappa shape index (κ1) is 16.8. The number of hydrogen-bond acceptors (Lipinski definition) is 2. The van der Waals surface area contributed by atoms with Crippen LogP contribution in [0.15, 0.2) is 16.5 Å². The topological polar surface area (TPSA) is 30.2 Å². The minimum Gasteiger partial charge on any atom is -1.00 e. The fourth-order valence-electron chi connectivity index (χ4n) is 0.316. The molecular formula is C5H3Cl2InO2-2. The zero-order chi connectivity index (χ0) is 5.11. The van der Waals surface area contributed by atoms with Crippen molar-refractivity contribution in [1.29, 1.82) is 0 Å². The van der Waals surface area contributed by atoms with E-state index in [1.807, 2.05) is 0 Å². The molecule has 0 unspecified atom stereocenters. The Balaban J connectivity index is -0.000000163. The summed E-state index contributed by atoms with van der Waals surface area (Å²) < 4.78 is 4.49. The molecule has 5 heteroatoms. The van der Waals surface area contributed by atoms with Gasteiger partial charge in [-0.15, -0.1) is 0 Å². The molecule has 10 heavy (non-hydrogen) atoms. The Labute approximate surface area is 90.0 Å². The molecule has 0 bridgehead atoms. The molecular weight excluding hydrogens is 278 g/mol. The van der Waals surface area contributed by atoms with Gasteiger partial charge in [0.2, 0.25) is 0 Å². The number of carbonyl (C=O) groups excluding carboxylic acids is 1. The minimum absolute atomic E-state index is 0. The van der Waals surface area contributed by atoms with Gasteiger partial charge in [-0.2, -0.15) is 0 Å². The van der Waals surface area contributed by atoms with Crippen molar-refractivity contribution in [3.05, 3.63) is 24.2 Å². The number of rotatable bonds is 1. The van der Waals surface area contributed by atoms with Crippen molar-refractivity contribution >= 4 is 32.1 Å². The van der Waals surface area contributed by atoms with E-state index in [-0.39, 0.29) is 50.7 Å². The molecule has 0 atom stereocenters. The molecule has 54 valence electrons. The van der Waals surface area contributed by atoms with Gasteiger partial charge in [-0.05, 0) is 12.1 Å². The molecule has 1 aromatic heterocycles. The maximum Gasteiger partial charge on any atom is 0.185 e. The average Bonchev–Trinajstić information content (AvgIpc) is 2.14. The molecule has 0 N–H and O–H groups in total. The molecule has 4 radical (unpaired) electrons. The SMILES string of the molecule is O=Cc1cc[c]o1.[Cl-].[Cl-].[In]. The van der Waals surface area contributed by atoms with E-state index in [2.05, 4.69) is 10.7 Å². The molecule has 0 amide bonds. The maximum absolute atomic E-state index is 9.75. The predicted octanol–water partition coefficient (Wildman–Crippen LogP) is -5.48. The Kier molecular flexibility index (Phi) is 15.8. The van der Waals surface area contributed by atoms with E-state index >= 15 is 0 Å². The summed E-state index contributed by atoms with van der Waals surface area (Å²) in [7, 11) is 0. The van der Waals surface area contributed by atoms with Crippen LogP contribution in [-0.4, -0.2) is 32.1 Å². The molecule has 0 aliphatic heterocycles. The third kappa shape index (κ3) is 5.21. The molecule has 1 rings (SSSR count). The van der Waals surface area contributed by atoms with Crippen molar-refractivity contribution < 1.29 is 34.0 Å². The van der Waals surface area contributed by atoms with E-state index in [0.717, 1.165) is 0 Å². The van der Waals surface area contributed by atoms with Gasteiger partial charge < -0.3 is 29.2 Å². The fourth-order valence-corrected chi connectivity index (χ4v) is 0.316. The van der Waals surface area contributed by atoms with E-state index in [1.165, 1.54) is 0 Å². The van der Waals surface area contributed by atoms with Crippen LogP contribution in [0.1, 0.15) is 10.6 Å². The molecule has 0 aliphatic rings. The summed E-state index contributed by atoms with van der Waals surface area (Å²) >= 11 is 0. The first-order valence-electron chi connectivity index (χ1n) is 1.84. The standard InChI is InChI=1S/C5H3O2.2ClH.In/c6-4-5-2-1-3-7-5;;;/h1-2,4H;2*1H;/p-2. The summed E-state index contributed by atoms with van der Waals surface area (Å²) in [5.74, 6) is 0.319. The average molecular weight is 281 g/mol. The zero-order valence-electron chi connectivity index (χ0n) is 4.88. The normalized spacial score (nSPS) is 6.00. The van der Waals surface area contributed by atoms with Gasteiger partial charge >= 0.3 is 0 Å². The number of hydrogen-bond donors (Lipinski definition) is 0. The fraction of sp³-hybridized carbons (Fsp3) is 0. The smallest absolute Gasteiger partial charge is 0.185 e. The first-order valence-corrected chi connectivity index (χ1v) is 1.84. The number of carbonyl (C=O) groups is 1. The van der Waals surface area contributed by atoms with Gasteiger partial charge in [-0.25, -0.2) is 0 Å². The summed E-state index contributed by atoms with van der Waals surface area (Å²) in [6, 6.07) is 3.09. The van der Waals surface area contributed by atoms with Crippen molar-refractivity contribution in [3.8, 4) is 0 Å². The monoisotopic (exact) mass is 280 g/mol. The Bertz CT molecular complexity index is 153. The molecule has 0 aromatic carbocycles. The second kappa shape index (κ2) is 9.40. The molecule has 2 nitrogen and oxygen atoms in total. The van der Waals surface area contributed by atoms with E-state index in [9.17, 15) is 4.79 Å². The van der Waals surface area contributed by atoms with E-state index < -0.39 is 0 Å². The molecule has 1 aromatic rings. The van der Waals surface area contributed by atoms with Crippen LogP contribution < -0.4 is 24.8 Å². The largest absolute Gasteiger partial charge is 1.00 e. The van der Waals surface area contributed by atoms with Crippen LogP contribution in [0, 0.1) is 6.26 Å². The van der Waals surface area contributed by atoms with Crippen LogP contribution in [0.3, 0.4) is 0 Å². The summed E-state index contributed by atoms with van der Waals surface area (Å²) in [6.07, 6.45) is 3.01. The van der Waals surface area contributed by atoms with Gasteiger partial charge in [0.1, 0.15) is 0 Å². The van der Waals surface area contributed by atoms with Gasteiger partial charge in [0.05, 0.1) is 0 Å². The van der Waals surface area contributed by atoms with Gasteiger partial charge in [0.15, 0.2) is 18.3 Å². The molecule has 0 aliphatic carbocycles. The van der Waals surface area contributed by atoms with Gasteiger partial charge in [0, 0.05) is 25.8 Å². The minimum atomic E-state index is 0. The Morgan fingerprint density at radius 1 is 1.50 bits per heavy atom. The van der Waals surface area contributed by atoms with Crippen molar-refractivity contribution in [3.63, 3.8) is 0 Å². The first-order chi connectivity index (χ1) is 3.43. The quantitative estimate of drug-likeness (QED) is 0.481. The summed E-state index contributed by atoms with van der Waals surface area (Å²) in [6.45, 7) is 0. The third-order valence-electron chi connectivity index (χ3n) is 0.609. The second-order valence-electron chi connectivity index (χ2n) is 1.07. The summed E-state index contributed by atoms with van der Waals surface area (Å²) in [5, 5.41) is 0. The number of halogens is 2. The Morgan fingerprint density at radius 2 is 2.10 bits per heavy atom. The van der Waals surface area contributed by atoms with Crippen LogP contribution >= 0.6 is 0 Å². The van der Waals surface area contributed by atoms with E-state index in [1.54, 1.807) is 12.1 Å². The van der Waals surface area contributed by atoms with Crippen molar-refractivity contribution in [2.45, 2.75) is 0 Å². The van der Waals surface area contributed by atoms with Crippen LogP contribution in [0.5, 0.6) is 0 Å². The number of aldehydes is 1. The second-order valence-corrected chi connectivity index (χ2v) is 1.07. The van der Waals surface area contributed by atoms with Gasteiger partial charge in [0.25, 0.3) is 0 Å². The van der Waals surface area contributed by atoms with E-state index in [0.29, 0.717) is 12.0 Å². The predicted molar refractivity (Wildman–Crippen MR) is 28.7 cm³/mol. The van der Waals surface area contributed by atoms with Crippen LogP contribution in [0.2, 0.25) is 0 Å². The van der Waals surface area contributed by atoms with Crippen LogP contribution in [-0.2, 0) is 0 Å². The van der Waals surface area contributed by atoms with Crippen molar-refractivity contribution in [2.24, 2.45) is 0 Å². The zero-order valence-corrected chi connectivity index (χ0v) is 9.69. The third-order valence-corrected chi connectivity index (χ3v) is 0.609. The molecule has 0 spiro atoms. The maximum atomic E-state index is 9.75. The molecule has 0 fully saturated rings. The molecule has 0 saturated carbocycles. The molecule has 1 heterocycles. The van der Waals surface area contributed by atoms with Gasteiger partial charge in [-0.1, -0.05) is 0 Å². The van der Waals surface area contributed by atoms with Crippen LogP contribution in [0.25, 0.3) is 0 Å².